The van der Waals surface area contributed by atoms with Crippen molar-refractivity contribution in [1.29, 1.82) is 0 Å². The third-order valence-corrected chi connectivity index (χ3v) is 5.41. The van der Waals surface area contributed by atoms with Gasteiger partial charge in [0.25, 0.3) is 5.91 Å². The number of hydrogen-bond acceptors (Lipinski definition) is 3. The van der Waals surface area contributed by atoms with Crippen LogP contribution in [-0.2, 0) is 11.3 Å². The molecule has 0 aliphatic rings. The molecule has 2 atom stereocenters. The molecule has 1 amide bonds. The number of carbonyl (C=O) groups excluding carboxylic acids is 1. The van der Waals surface area contributed by atoms with Gasteiger partial charge in [-0.1, -0.05) is 42.5 Å². The van der Waals surface area contributed by atoms with Crippen LogP contribution in [0.1, 0.15) is 22.0 Å². The van der Waals surface area contributed by atoms with Crippen LogP contribution in [0.15, 0.2) is 66.0 Å². The topological polar surface area (TPSA) is 42.8 Å². The van der Waals surface area contributed by atoms with E-state index in [9.17, 15) is 4.79 Å². The highest BCUT2D eigenvalue weighted by atomic mass is 32.1. The van der Waals surface area contributed by atoms with Crippen molar-refractivity contribution in [3.05, 3.63) is 82.0 Å². The number of rotatable bonds is 7. The summed E-state index contributed by atoms with van der Waals surface area (Å²) in [6.45, 7) is 2.79. The molecule has 0 aliphatic heterocycles. The van der Waals surface area contributed by atoms with Gasteiger partial charge in [-0.3, -0.25) is 4.79 Å². The van der Waals surface area contributed by atoms with E-state index in [-0.39, 0.29) is 11.9 Å². The van der Waals surface area contributed by atoms with E-state index in [1.165, 1.54) is 4.88 Å². The fourth-order valence-corrected chi connectivity index (χ4v) is 4.02. The van der Waals surface area contributed by atoms with Crippen molar-refractivity contribution in [2.24, 2.45) is 0 Å². The summed E-state index contributed by atoms with van der Waals surface area (Å²) < 4.78 is 5.41. The van der Waals surface area contributed by atoms with Crippen molar-refractivity contribution in [2.45, 2.75) is 19.5 Å². The Hall–Kier alpha value is -2.63. The van der Waals surface area contributed by atoms with E-state index >= 15 is 0 Å². The second-order valence-corrected chi connectivity index (χ2v) is 7.67. The van der Waals surface area contributed by atoms with Crippen molar-refractivity contribution in [3.8, 4) is 5.75 Å². The number of nitrogens with one attached hydrogen (secondary N) is 2. The zero-order valence-electron chi connectivity index (χ0n) is 15.9. The molecule has 0 saturated heterocycles. The second kappa shape index (κ2) is 8.84. The maximum absolute atomic E-state index is 13.3. The number of amides is 1. The first-order valence-corrected chi connectivity index (χ1v) is 9.81. The lowest BCUT2D eigenvalue weighted by molar-refractivity contribution is -0.915. The molecule has 0 saturated carbocycles. The molecule has 1 aromatic heterocycles. The average Bonchev–Trinajstić information content (AvgIpc) is 3.16. The van der Waals surface area contributed by atoms with Crippen molar-refractivity contribution >= 4 is 22.9 Å². The third kappa shape index (κ3) is 4.76. The molecule has 3 rings (SSSR count). The van der Waals surface area contributed by atoms with Gasteiger partial charge >= 0.3 is 0 Å². The van der Waals surface area contributed by atoms with Crippen molar-refractivity contribution < 1.29 is 14.4 Å². The summed E-state index contributed by atoms with van der Waals surface area (Å²) in [5.41, 5.74) is 2.77. The summed E-state index contributed by atoms with van der Waals surface area (Å²) >= 11 is 1.72. The van der Waals surface area contributed by atoms with Crippen LogP contribution in [0.2, 0.25) is 0 Å². The Morgan fingerprint density at radius 2 is 1.93 bits per heavy atom. The molecule has 140 valence electrons. The zero-order valence-corrected chi connectivity index (χ0v) is 16.7. The van der Waals surface area contributed by atoms with E-state index in [4.69, 9.17) is 4.74 Å². The molecule has 0 radical (unpaired) electrons. The quantitative estimate of drug-likeness (QED) is 0.658. The Labute approximate surface area is 164 Å². The molecule has 4 nitrogen and oxygen atoms in total. The van der Waals surface area contributed by atoms with Crippen LogP contribution in [-0.4, -0.2) is 20.1 Å². The van der Waals surface area contributed by atoms with Gasteiger partial charge in [-0.2, -0.15) is 0 Å². The molecule has 0 aliphatic carbocycles. The molecule has 5 heteroatoms. The molecule has 2 N–H and O–H groups in total. The van der Waals surface area contributed by atoms with Gasteiger partial charge in [0.1, 0.15) is 12.3 Å². The highest BCUT2D eigenvalue weighted by molar-refractivity contribution is 7.09. The van der Waals surface area contributed by atoms with Crippen LogP contribution >= 0.6 is 11.3 Å². The summed E-state index contributed by atoms with van der Waals surface area (Å²) in [6, 6.07) is 19.6. The number of thiophene rings is 1. The first-order valence-electron chi connectivity index (χ1n) is 8.93. The fraction of sp³-hybridized carbons (Fsp3) is 0.227. The molecule has 0 spiro atoms. The summed E-state index contributed by atoms with van der Waals surface area (Å²) in [6.07, 6.45) is 0. The van der Waals surface area contributed by atoms with Gasteiger partial charge in [0, 0.05) is 5.56 Å². The number of quaternary nitrogens is 1. The smallest absolute Gasteiger partial charge is 0.287 e. The highest BCUT2D eigenvalue weighted by Crippen LogP contribution is 2.26. The largest absolute Gasteiger partial charge is 0.495 e. The minimum absolute atomic E-state index is 0.0424. The maximum atomic E-state index is 13.3. The molecule has 3 aromatic rings. The molecule has 2 aromatic carbocycles. The van der Waals surface area contributed by atoms with Crippen LogP contribution in [0.5, 0.6) is 5.75 Å². The van der Waals surface area contributed by atoms with Gasteiger partial charge in [-0.15, -0.1) is 11.3 Å². The number of anilines is 1. The monoisotopic (exact) mass is 381 g/mol. The first kappa shape index (κ1) is 19.1. The number of benzene rings is 2. The van der Waals surface area contributed by atoms with Crippen LogP contribution in [0.25, 0.3) is 0 Å². The molecule has 0 fully saturated rings. The van der Waals surface area contributed by atoms with E-state index in [1.807, 2.05) is 61.5 Å². The Kier molecular flexibility index (Phi) is 6.27. The minimum atomic E-state index is -0.321. The molecule has 0 bridgehead atoms. The van der Waals surface area contributed by atoms with E-state index in [2.05, 4.69) is 23.8 Å². The maximum Gasteiger partial charge on any atom is 0.287 e. The van der Waals surface area contributed by atoms with E-state index in [0.717, 1.165) is 22.6 Å². The molecular weight excluding hydrogens is 356 g/mol. The van der Waals surface area contributed by atoms with Gasteiger partial charge < -0.3 is 15.0 Å². The normalized spacial score (nSPS) is 13.0. The standard InChI is InChI=1S/C22H24N2O2S/c1-16-11-12-20(26-3)19(14-16)23-22(25)21(17-8-5-4-6-9-17)24(2)15-18-10-7-13-27-18/h4-14,21H,15H2,1-3H3,(H,23,25)/p+1/t21-/m1/s1. The lowest BCUT2D eigenvalue weighted by Crippen LogP contribution is -3.09. The van der Waals surface area contributed by atoms with Crippen LogP contribution < -0.4 is 15.0 Å². The predicted octanol–water partition coefficient (Wildman–Crippen LogP) is 3.46. The van der Waals surface area contributed by atoms with E-state index in [0.29, 0.717) is 11.4 Å². The average molecular weight is 382 g/mol. The number of aryl methyl sites for hydroxylation is 1. The summed E-state index contributed by atoms with van der Waals surface area (Å²) in [7, 11) is 3.67. The Balaban J connectivity index is 1.88. The summed E-state index contributed by atoms with van der Waals surface area (Å²) in [5, 5.41) is 5.15. The number of hydrogen-bond donors (Lipinski definition) is 2. The van der Waals surface area contributed by atoms with Gasteiger partial charge in [0.2, 0.25) is 0 Å². The number of likely N-dealkylation sites (N-methyl/N-ethyl adjacent to an activating group) is 1. The predicted molar refractivity (Wildman–Crippen MR) is 110 cm³/mol. The molecule has 27 heavy (non-hydrogen) atoms. The van der Waals surface area contributed by atoms with E-state index in [1.54, 1.807) is 18.4 Å². The molecular formula is C22H25N2O2S+. The number of carbonyl (C=O) groups is 1. The fourth-order valence-electron chi connectivity index (χ4n) is 3.22. The number of ether oxygens (including phenoxy) is 1. The third-order valence-electron chi connectivity index (χ3n) is 4.53. The summed E-state index contributed by atoms with van der Waals surface area (Å²) in [5.74, 6) is 0.621. The van der Waals surface area contributed by atoms with Gasteiger partial charge in [-0.25, -0.2) is 0 Å². The zero-order chi connectivity index (χ0) is 19.2. The Morgan fingerprint density at radius 3 is 2.59 bits per heavy atom. The minimum Gasteiger partial charge on any atom is -0.495 e. The Morgan fingerprint density at radius 1 is 1.15 bits per heavy atom. The summed E-state index contributed by atoms with van der Waals surface area (Å²) in [4.78, 5) is 15.7. The van der Waals surface area contributed by atoms with Crippen LogP contribution in [0, 0.1) is 6.92 Å². The molecule has 1 unspecified atom stereocenters. The highest BCUT2D eigenvalue weighted by Gasteiger charge is 2.30. The van der Waals surface area contributed by atoms with Crippen molar-refractivity contribution in [3.63, 3.8) is 0 Å². The second-order valence-electron chi connectivity index (χ2n) is 6.64. The van der Waals surface area contributed by atoms with Crippen LogP contribution in [0.3, 0.4) is 0 Å². The lowest BCUT2D eigenvalue weighted by atomic mass is 10.0. The van der Waals surface area contributed by atoms with Gasteiger partial charge in [0.15, 0.2) is 6.04 Å². The van der Waals surface area contributed by atoms with Gasteiger partial charge in [-0.05, 0) is 36.1 Å². The number of methoxy groups -OCH3 is 1. The van der Waals surface area contributed by atoms with Gasteiger partial charge in [0.05, 0.1) is 24.7 Å². The lowest BCUT2D eigenvalue weighted by Gasteiger charge is -2.24. The van der Waals surface area contributed by atoms with Crippen molar-refractivity contribution in [2.75, 3.05) is 19.5 Å². The SMILES string of the molecule is COc1ccc(C)cc1NC(=O)[C@@H](c1ccccc1)[NH+](C)Cc1cccs1. The Bertz CT molecular complexity index is 879. The van der Waals surface area contributed by atoms with E-state index < -0.39 is 0 Å². The van der Waals surface area contributed by atoms with Crippen LogP contribution in [0.4, 0.5) is 5.69 Å². The van der Waals surface area contributed by atoms with Crippen molar-refractivity contribution in [1.82, 2.24) is 0 Å². The molecule has 1 heterocycles. The first-order chi connectivity index (χ1) is 13.1.